The van der Waals surface area contributed by atoms with Crippen molar-refractivity contribution in [3.8, 4) is 6.07 Å². The second-order valence-electron chi connectivity index (χ2n) is 3.41. The first-order valence-electron chi connectivity index (χ1n) is 5.15. The zero-order valence-electron chi connectivity index (χ0n) is 9.25. The molecule has 1 aromatic carbocycles. The van der Waals surface area contributed by atoms with E-state index in [0.717, 1.165) is 24.2 Å². The van der Waals surface area contributed by atoms with Crippen molar-refractivity contribution >= 4 is 0 Å². The highest BCUT2D eigenvalue weighted by molar-refractivity contribution is 5.26. The summed E-state index contributed by atoms with van der Waals surface area (Å²) < 4.78 is 0. The quantitative estimate of drug-likeness (QED) is 0.758. The lowest BCUT2D eigenvalue weighted by Gasteiger charge is -2.08. The second kappa shape index (κ2) is 5.87. The second-order valence-corrected chi connectivity index (χ2v) is 3.41. The molecule has 0 spiro atoms. The summed E-state index contributed by atoms with van der Waals surface area (Å²) in [4.78, 5) is 0. The van der Waals surface area contributed by atoms with E-state index in [4.69, 9.17) is 5.26 Å². The summed E-state index contributed by atoms with van der Waals surface area (Å²) in [5, 5.41) is 12.1. The van der Waals surface area contributed by atoms with E-state index in [1.807, 2.05) is 32.0 Å². The molecule has 2 nitrogen and oxygen atoms in total. The van der Waals surface area contributed by atoms with Gasteiger partial charge in [0.2, 0.25) is 0 Å². The van der Waals surface area contributed by atoms with Gasteiger partial charge in [-0.15, -0.1) is 0 Å². The third kappa shape index (κ3) is 3.47. The van der Waals surface area contributed by atoms with Gasteiger partial charge in [0, 0.05) is 17.8 Å². The summed E-state index contributed by atoms with van der Waals surface area (Å²) in [6.07, 6.45) is 0.782. The van der Waals surface area contributed by atoms with Crippen molar-refractivity contribution in [1.29, 1.82) is 5.26 Å². The van der Waals surface area contributed by atoms with Crippen LogP contribution >= 0.6 is 0 Å². The predicted octanol–water partition coefficient (Wildman–Crippen LogP) is 2.98. The fourth-order valence-corrected chi connectivity index (χ4v) is 1.37. The van der Waals surface area contributed by atoms with Crippen LogP contribution in [0.15, 0.2) is 41.6 Å². The molecule has 1 rings (SSSR count). The Bertz CT molecular complexity index is 371. The number of nitrogens with one attached hydrogen (secondary N) is 1. The smallest absolute Gasteiger partial charge is 0.0965 e. The number of hydrogen-bond acceptors (Lipinski definition) is 2. The maximum Gasteiger partial charge on any atom is 0.0965 e. The maximum absolute atomic E-state index is 8.85. The van der Waals surface area contributed by atoms with E-state index < -0.39 is 0 Å². The summed E-state index contributed by atoms with van der Waals surface area (Å²) in [5.41, 5.74) is 3.03. The monoisotopic (exact) mass is 200 g/mol. The third-order valence-corrected chi connectivity index (χ3v) is 2.34. The molecule has 0 saturated heterocycles. The minimum absolute atomic E-state index is 0.776. The van der Waals surface area contributed by atoms with Crippen LogP contribution in [0.5, 0.6) is 0 Å². The number of nitrogens with zero attached hydrogens (tertiary/aromatic N) is 1. The first-order valence-corrected chi connectivity index (χ1v) is 5.15. The first kappa shape index (κ1) is 11.3. The van der Waals surface area contributed by atoms with E-state index in [1.165, 1.54) is 5.56 Å². The van der Waals surface area contributed by atoms with Crippen LogP contribution in [0.4, 0.5) is 0 Å². The minimum atomic E-state index is 0.776. The Labute approximate surface area is 91.2 Å². The van der Waals surface area contributed by atoms with Gasteiger partial charge in [-0.3, -0.25) is 0 Å². The SMILES string of the molecule is CC/C(C#N)=C(/C)NCc1ccccc1. The van der Waals surface area contributed by atoms with Gasteiger partial charge < -0.3 is 5.32 Å². The van der Waals surface area contributed by atoms with E-state index in [-0.39, 0.29) is 0 Å². The summed E-state index contributed by atoms with van der Waals surface area (Å²) >= 11 is 0. The van der Waals surface area contributed by atoms with Gasteiger partial charge in [-0.05, 0) is 18.9 Å². The molecule has 0 fully saturated rings. The summed E-state index contributed by atoms with van der Waals surface area (Å²) in [6, 6.07) is 12.4. The zero-order valence-corrected chi connectivity index (χ0v) is 9.25. The molecular weight excluding hydrogens is 184 g/mol. The molecule has 1 N–H and O–H groups in total. The Morgan fingerprint density at radius 3 is 2.53 bits per heavy atom. The van der Waals surface area contributed by atoms with Gasteiger partial charge in [0.1, 0.15) is 0 Å². The van der Waals surface area contributed by atoms with Crippen molar-refractivity contribution in [1.82, 2.24) is 5.32 Å². The van der Waals surface area contributed by atoms with E-state index in [2.05, 4.69) is 23.5 Å². The van der Waals surface area contributed by atoms with Crippen molar-refractivity contribution in [3.63, 3.8) is 0 Å². The molecule has 0 saturated carbocycles. The third-order valence-electron chi connectivity index (χ3n) is 2.34. The summed E-state index contributed by atoms with van der Waals surface area (Å²) in [7, 11) is 0. The number of hydrogen-bond donors (Lipinski definition) is 1. The van der Waals surface area contributed by atoms with Gasteiger partial charge in [-0.1, -0.05) is 37.3 Å². The molecule has 0 amide bonds. The average Bonchev–Trinajstić information content (AvgIpc) is 2.29. The summed E-state index contributed by atoms with van der Waals surface area (Å²) in [6.45, 7) is 4.72. The topological polar surface area (TPSA) is 35.8 Å². The van der Waals surface area contributed by atoms with Gasteiger partial charge in [0.15, 0.2) is 0 Å². The van der Waals surface area contributed by atoms with Crippen LogP contribution in [-0.4, -0.2) is 0 Å². The number of nitriles is 1. The molecule has 0 atom stereocenters. The lowest BCUT2D eigenvalue weighted by Crippen LogP contribution is -2.12. The lowest BCUT2D eigenvalue weighted by molar-refractivity contribution is 0.796. The Morgan fingerprint density at radius 1 is 1.33 bits per heavy atom. The van der Waals surface area contributed by atoms with Crippen LogP contribution in [-0.2, 0) is 6.54 Å². The highest BCUT2D eigenvalue weighted by Gasteiger charge is 1.98. The van der Waals surface area contributed by atoms with Crippen molar-refractivity contribution in [2.75, 3.05) is 0 Å². The number of rotatable bonds is 4. The highest BCUT2D eigenvalue weighted by atomic mass is 14.9. The molecule has 0 aliphatic heterocycles. The zero-order chi connectivity index (χ0) is 11.1. The first-order chi connectivity index (χ1) is 7.27. The molecule has 0 aliphatic rings. The maximum atomic E-state index is 8.85. The van der Waals surface area contributed by atoms with E-state index >= 15 is 0 Å². The predicted molar refractivity (Wildman–Crippen MR) is 61.9 cm³/mol. The molecule has 0 aliphatic carbocycles. The van der Waals surface area contributed by atoms with Gasteiger partial charge in [-0.2, -0.15) is 5.26 Å². The molecule has 2 heteroatoms. The van der Waals surface area contributed by atoms with Gasteiger partial charge >= 0.3 is 0 Å². The van der Waals surface area contributed by atoms with E-state index in [9.17, 15) is 0 Å². The van der Waals surface area contributed by atoms with Gasteiger partial charge in [0.25, 0.3) is 0 Å². The van der Waals surface area contributed by atoms with Crippen molar-refractivity contribution in [2.24, 2.45) is 0 Å². The molecule has 0 aromatic heterocycles. The Kier molecular flexibility index (Phi) is 4.43. The van der Waals surface area contributed by atoms with Crippen LogP contribution in [0, 0.1) is 11.3 Å². The van der Waals surface area contributed by atoms with Crippen LogP contribution < -0.4 is 5.32 Å². The number of allylic oxidation sites excluding steroid dienone is 2. The summed E-state index contributed by atoms with van der Waals surface area (Å²) in [5.74, 6) is 0. The van der Waals surface area contributed by atoms with Crippen LogP contribution in [0.3, 0.4) is 0 Å². The molecule has 0 heterocycles. The highest BCUT2D eigenvalue weighted by Crippen LogP contribution is 2.05. The standard InChI is InChI=1S/C13H16N2/c1-3-13(9-14)11(2)15-10-12-7-5-4-6-8-12/h4-8,15H,3,10H2,1-2H3/b13-11+. The molecule has 78 valence electrons. The average molecular weight is 200 g/mol. The Morgan fingerprint density at radius 2 is 2.00 bits per heavy atom. The van der Waals surface area contributed by atoms with Crippen LogP contribution in [0.2, 0.25) is 0 Å². The Hall–Kier alpha value is -1.75. The van der Waals surface area contributed by atoms with E-state index in [1.54, 1.807) is 0 Å². The normalized spacial score (nSPS) is 11.5. The molecule has 1 aromatic rings. The fourth-order valence-electron chi connectivity index (χ4n) is 1.37. The minimum Gasteiger partial charge on any atom is -0.384 e. The van der Waals surface area contributed by atoms with Crippen LogP contribution in [0.25, 0.3) is 0 Å². The van der Waals surface area contributed by atoms with Crippen molar-refractivity contribution in [2.45, 2.75) is 26.8 Å². The molecule has 0 bridgehead atoms. The Balaban J connectivity index is 2.59. The molecular formula is C13H16N2. The molecule has 0 radical (unpaired) electrons. The molecule has 0 unspecified atom stereocenters. The van der Waals surface area contributed by atoms with Crippen LogP contribution in [0.1, 0.15) is 25.8 Å². The fraction of sp³-hybridized carbons (Fsp3) is 0.308. The largest absolute Gasteiger partial charge is 0.384 e. The number of benzene rings is 1. The van der Waals surface area contributed by atoms with Crippen molar-refractivity contribution in [3.05, 3.63) is 47.2 Å². The molecule has 15 heavy (non-hydrogen) atoms. The lowest BCUT2D eigenvalue weighted by atomic mass is 10.1. The van der Waals surface area contributed by atoms with Crippen molar-refractivity contribution < 1.29 is 0 Å². The van der Waals surface area contributed by atoms with Gasteiger partial charge in [0.05, 0.1) is 6.07 Å². The van der Waals surface area contributed by atoms with Gasteiger partial charge in [-0.25, -0.2) is 0 Å². The van der Waals surface area contributed by atoms with E-state index in [0.29, 0.717) is 0 Å².